The summed E-state index contributed by atoms with van der Waals surface area (Å²) in [5, 5.41) is 21.8. The number of likely N-dealkylation sites (N-methyl/N-ethyl adjacent to an activating group) is 1. The van der Waals surface area contributed by atoms with Gasteiger partial charge in [-0.05, 0) is 61.0 Å². The summed E-state index contributed by atoms with van der Waals surface area (Å²) in [6, 6.07) is 12.2. The van der Waals surface area contributed by atoms with Crippen molar-refractivity contribution in [3.8, 4) is 0 Å². The average molecular weight is 535 g/mol. The lowest BCUT2D eigenvalue weighted by molar-refractivity contribution is -0.385. The summed E-state index contributed by atoms with van der Waals surface area (Å²) < 4.78 is 27.2. The highest BCUT2D eigenvalue weighted by Crippen LogP contribution is 2.27. The van der Waals surface area contributed by atoms with E-state index in [1.54, 1.807) is 23.1 Å². The summed E-state index contributed by atoms with van der Waals surface area (Å²) >= 11 is 0. The molecule has 12 heteroatoms. The van der Waals surface area contributed by atoms with Crippen molar-refractivity contribution < 1.29 is 23.3 Å². The molecular weight excluding hydrogens is 510 g/mol. The number of piperazine rings is 1. The predicted octanol–water partition coefficient (Wildman–Crippen LogP) is 3.98. The molecule has 1 aromatic heterocycles. The van der Waals surface area contributed by atoms with Crippen molar-refractivity contribution in [2.24, 2.45) is 0 Å². The van der Waals surface area contributed by atoms with Crippen LogP contribution in [0.5, 0.6) is 0 Å². The Morgan fingerprint density at radius 1 is 1.00 bits per heavy atom. The molecule has 0 unspecified atom stereocenters. The van der Waals surface area contributed by atoms with Crippen LogP contribution in [0.2, 0.25) is 0 Å². The van der Waals surface area contributed by atoms with Crippen molar-refractivity contribution in [2.45, 2.75) is 6.42 Å². The molecule has 0 atom stereocenters. The average Bonchev–Trinajstić information content (AvgIpc) is 3.29. The van der Waals surface area contributed by atoms with Gasteiger partial charge in [-0.15, -0.1) is 0 Å². The fourth-order valence-corrected chi connectivity index (χ4v) is 4.59. The van der Waals surface area contributed by atoms with Crippen molar-refractivity contribution >= 4 is 34.2 Å². The third-order valence-corrected chi connectivity index (χ3v) is 6.67. The molecule has 10 nitrogen and oxygen atoms in total. The molecule has 0 radical (unpaired) electrons. The zero-order valence-electron chi connectivity index (χ0n) is 20.9. The molecule has 1 aliphatic rings. The second-order valence-corrected chi connectivity index (χ2v) is 9.45. The number of anilines is 1. The molecule has 2 heterocycles. The van der Waals surface area contributed by atoms with Gasteiger partial charge in [-0.2, -0.15) is 5.10 Å². The van der Waals surface area contributed by atoms with E-state index in [0.717, 1.165) is 12.1 Å². The summed E-state index contributed by atoms with van der Waals surface area (Å²) in [6.45, 7) is 2.42. The van der Waals surface area contributed by atoms with Gasteiger partial charge in [-0.3, -0.25) is 24.8 Å². The van der Waals surface area contributed by atoms with Gasteiger partial charge in [0.15, 0.2) is 5.82 Å². The fraction of sp³-hybridized carbons (Fsp3) is 0.222. The van der Waals surface area contributed by atoms with E-state index in [2.05, 4.69) is 20.4 Å². The number of aromatic nitrogens is 2. The number of carbonyl (C=O) groups excluding carboxylic acids is 2. The highest BCUT2D eigenvalue weighted by Gasteiger charge is 2.26. The Bertz CT molecular complexity index is 1580. The molecule has 2 N–H and O–H groups in total. The molecule has 4 aromatic rings. The Kier molecular flexibility index (Phi) is 7.03. The number of benzene rings is 3. The van der Waals surface area contributed by atoms with Gasteiger partial charge in [0.2, 0.25) is 0 Å². The lowest BCUT2D eigenvalue weighted by atomic mass is 10.0. The van der Waals surface area contributed by atoms with E-state index in [1.165, 1.54) is 24.3 Å². The number of carbonyl (C=O) groups is 2. The summed E-state index contributed by atoms with van der Waals surface area (Å²) in [6.07, 6.45) is 0.234. The number of aromatic amines is 1. The van der Waals surface area contributed by atoms with Crippen molar-refractivity contribution in [2.75, 3.05) is 38.5 Å². The van der Waals surface area contributed by atoms with Crippen LogP contribution in [0, 0.1) is 21.7 Å². The van der Waals surface area contributed by atoms with Gasteiger partial charge in [-0.25, -0.2) is 8.78 Å². The number of nitro benzene ring substituents is 1. The number of amides is 2. The molecule has 0 aliphatic carbocycles. The minimum Gasteiger partial charge on any atom is -0.336 e. The SMILES string of the molecule is CN1CCN(C(=O)c2ccc(C(=O)Nc3n[nH]c4ccc(Cc5cc(F)cc(F)c5)cc34)c([N+](=O)[O-])c2)CC1. The van der Waals surface area contributed by atoms with Crippen molar-refractivity contribution in [1.82, 2.24) is 20.0 Å². The first-order valence-electron chi connectivity index (χ1n) is 12.2. The third-order valence-electron chi connectivity index (χ3n) is 6.67. The quantitative estimate of drug-likeness (QED) is 0.285. The number of H-pyrrole nitrogens is 1. The first-order valence-corrected chi connectivity index (χ1v) is 12.2. The van der Waals surface area contributed by atoms with Crippen LogP contribution in [-0.2, 0) is 6.42 Å². The van der Waals surface area contributed by atoms with Crippen LogP contribution >= 0.6 is 0 Å². The van der Waals surface area contributed by atoms with E-state index in [1.807, 2.05) is 7.05 Å². The van der Waals surface area contributed by atoms with Crippen LogP contribution in [0.25, 0.3) is 10.9 Å². The maximum Gasteiger partial charge on any atom is 0.282 e. The van der Waals surface area contributed by atoms with Gasteiger partial charge in [-0.1, -0.05) is 6.07 Å². The minimum absolute atomic E-state index is 0.131. The topological polar surface area (TPSA) is 124 Å². The summed E-state index contributed by atoms with van der Waals surface area (Å²) in [5.41, 5.74) is 1.14. The molecule has 1 fully saturated rings. The van der Waals surface area contributed by atoms with Crippen LogP contribution in [0.15, 0.2) is 54.6 Å². The van der Waals surface area contributed by atoms with Crippen LogP contribution in [-0.4, -0.2) is 70.0 Å². The minimum atomic E-state index is -0.772. The number of nitrogens with zero attached hydrogens (tertiary/aromatic N) is 4. The molecule has 2 amide bonds. The van der Waals surface area contributed by atoms with E-state index < -0.39 is 28.2 Å². The van der Waals surface area contributed by atoms with Gasteiger partial charge in [0.1, 0.15) is 17.2 Å². The zero-order valence-corrected chi connectivity index (χ0v) is 20.9. The summed E-state index contributed by atoms with van der Waals surface area (Å²) in [7, 11) is 1.95. The second kappa shape index (κ2) is 10.6. The second-order valence-electron chi connectivity index (χ2n) is 9.45. The molecule has 0 saturated carbocycles. The Hall–Kier alpha value is -4.71. The van der Waals surface area contributed by atoms with Gasteiger partial charge < -0.3 is 15.1 Å². The lowest BCUT2D eigenvalue weighted by Gasteiger charge is -2.32. The number of hydrogen-bond donors (Lipinski definition) is 2. The van der Waals surface area contributed by atoms with Crippen LogP contribution < -0.4 is 5.32 Å². The van der Waals surface area contributed by atoms with Crippen molar-refractivity contribution in [1.29, 1.82) is 0 Å². The first-order chi connectivity index (χ1) is 18.7. The summed E-state index contributed by atoms with van der Waals surface area (Å²) in [5.74, 6) is -2.33. The molecule has 1 saturated heterocycles. The highest BCUT2D eigenvalue weighted by molar-refractivity contribution is 6.10. The van der Waals surface area contributed by atoms with Crippen molar-refractivity contribution in [3.05, 3.63) is 98.6 Å². The largest absolute Gasteiger partial charge is 0.336 e. The van der Waals surface area contributed by atoms with E-state index >= 15 is 0 Å². The van der Waals surface area contributed by atoms with E-state index in [9.17, 15) is 28.5 Å². The Labute approximate surface area is 221 Å². The number of nitro groups is 1. The molecule has 200 valence electrons. The number of rotatable bonds is 6. The standard InChI is InChI=1S/C27H24F2N6O4/c1-33-6-8-34(9-7-33)27(37)18-3-4-21(24(14-18)35(38)39)26(36)30-25-22-13-16(2-5-23(22)31-32-25)10-17-11-19(28)15-20(29)12-17/h2-5,11-15H,6-10H2,1H3,(H2,30,31,32,36). The number of halogens is 2. The normalized spacial score (nSPS) is 14.0. The molecule has 0 spiro atoms. The smallest absolute Gasteiger partial charge is 0.282 e. The van der Waals surface area contributed by atoms with Gasteiger partial charge >= 0.3 is 0 Å². The maximum absolute atomic E-state index is 13.6. The highest BCUT2D eigenvalue weighted by atomic mass is 19.1. The lowest BCUT2D eigenvalue weighted by Crippen LogP contribution is -2.47. The molecule has 1 aliphatic heterocycles. The van der Waals surface area contributed by atoms with Crippen LogP contribution in [0.4, 0.5) is 20.3 Å². The van der Waals surface area contributed by atoms with Gasteiger partial charge in [0, 0.05) is 49.3 Å². The molecular formula is C27H24F2N6O4. The zero-order chi connectivity index (χ0) is 27.7. The molecule has 39 heavy (non-hydrogen) atoms. The van der Waals surface area contributed by atoms with Crippen LogP contribution in [0.3, 0.4) is 0 Å². The van der Waals surface area contributed by atoms with E-state index in [0.29, 0.717) is 48.2 Å². The van der Waals surface area contributed by atoms with E-state index in [-0.39, 0.29) is 29.3 Å². The van der Waals surface area contributed by atoms with Crippen LogP contribution in [0.1, 0.15) is 31.8 Å². The van der Waals surface area contributed by atoms with Gasteiger partial charge in [0.05, 0.1) is 10.4 Å². The summed E-state index contributed by atoms with van der Waals surface area (Å²) in [4.78, 5) is 40.8. The third kappa shape index (κ3) is 5.60. The number of fused-ring (bicyclic) bond motifs is 1. The van der Waals surface area contributed by atoms with Crippen molar-refractivity contribution in [3.63, 3.8) is 0 Å². The predicted molar refractivity (Wildman–Crippen MR) is 140 cm³/mol. The molecule has 3 aromatic carbocycles. The Morgan fingerprint density at radius 3 is 2.41 bits per heavy atom. The van der Waals surface area contributed by atoms with Gasteiger partial charge in [0.25, 0.3) is 17.5 Å². The van der Waals surface area contributed by atoms with E-state index in [4.69, 9.17) is 0 Å². The Morgan fingerprint density at radius 2 is 1.72 bits per heavy atom. The molecule has 0 bridgehead atoms. The monoisotopic (exact) mass is 534 g/mol. The maximum atomic E-state index is 13.6. The fourth-order valence-electron chi connectivity index (χ4n) is 4.59. The number of nitrogens with one attached hydrogen (secondary N) is 2. The first kappa shape index (κ1) is 25.9. The Balaban J connectivity index is 1.38. The molecule has 5 rings (SSSR count). The number of hydrogen-bond acceptors (Lipinski definition) is 6.